The summed E-state index contributed by atoms with van der Waals surface area (Å²) in [7, 11) is -2.62. The number of nitrogens with one attached hydrogen (secondary N) is 2. The minimum Gasteiger partial charge on any atom is -0.344 e. The van der Waals surface area contributed by atoms with E-state index in [0.717, 1.165) is 39.9 Å². The fraction of sp³-hybridized carbons (Fsp3) is 0.275. The Morgan fingerprint density at radius 1 is 1.00 bits per heavy atom. The first-order valence-electron chi connectivity index (χ1n) is 19.1. The van der Waals surface area contributed by atoms with Crippen LogP contribution in [0, 0.1) is 17.6 Å². The van der Waals surface area contributed by atoms with Crippen molar-refractivity contribution in [3.05, 3.63) is 122 Å². The Morgan fingerprint density at radius 3 is 2.40 bits per heavy atom. The zero-order valence-corrected chi connectivity index (χ0v) is 34.7. The molecule has 5 heterocycles. The number of carbonyl (C=O) groups is 1. The number of hydrogen-bond donors (Lipinski definition) is 2. The van der Waals surface area contributed by atoms with Gasteiger partial charge in [-0.2, -0.15) is 32.1 Å². The van der Waals surface area contributed by atoms with E-state index >= 15 is 8.78 Å². The number of fused-ring (bicyclic) bond motifs is 5. The van der Waals surface area contributed by atoms with E-state index in [4.69, 9.17) is 11.6 Å². The smallest absolute Gasteiger partial charge is 0.344 e. The van der Waals surface area contributed by atoms with Gasteiger partial charge in [0.25, 0.3) is 17.9 Å². The predicted octanol–water partition coefficient (Wildman–Crippen LogP) is 7.49. The number of aromatic nitrogens is 8. The van der Waals surface area contributed by atoms with Crippen LogP contribution in [0.3, 0.4) is 0 Å². The first-order chi connectivity index (χ1) is 30.5. The second kappa shape index (κ2) is 15.3. The number of halogens is 10. The van der Waals surface area contributed by atoms with Crippen LogP contribution in [0.25, 0.3) is 39.0 Å². The van der Waals surface area contributed by atoms with Crippen LogP contribution in [0.4, 0.5) is 45.3 Å². The van der Waals surface area contributed by atoms with Gasteiger partial charge >= 0.3 is 6.18 Å². The minimum atomic E-state index is -4.78. The number of sulfonamides is 1. The topological polar surface area (TPSA) is 172 Å². The number of anilines is 1. The molecule has 9 rings (SSSR count). The van der Waals surface area contributed by atoms with Crippen LogP contribution in [-0.4, -0.2) is 59.7 Å². The maximum Gasteiger partial charge on any atom is 0.416 e. The van der Waals surface area contributed by atoms with Gasteiger partial charge in [0.15, 0.2) is 11.5 Å². The highest BCUT2D eigenvalue weighted by molar-refractivity contribution is 7.92. The SMILES string of the molecule is Cn1nc(NS(C)(=O)=O)c2c(Cl)ccc(-n3c([C@H](Cc4cc(F)cc(F)c4)NC(=O)Cn4nc(C(F)F)c5c4C(F)(F)[C@@H]4C[C@H]54)nc4nc(-c5cc(C(F)(F)F)ccn5)ccc4c3=O)c21. The largest absolute Gasteiger partial charge is 0.416 e. The summed E-state index contributed by atoms with van der Waals surface area (Å²) in [6.07, 6.45) is -7.00. The van der Waals surface area contributed by atoms with E-state index in [1.54, 1.807) is 0 Å². The van der Waals surface area contributed by atoms with Crippen LogP contribution in [0.1, 0.15) is 58.7 Å². The van der Waals surface area contributed by atoms with Crippen LogP contribution < -0.4 is 15.6 Å². The van der Waals surface area contributed by atoms with Gasteiger partial charge in [-0.3, -0.25) is 33.2 Å². The fourth-order valence-electron chi connectivity index (χ4n) is 8.35. The zero-order valence-electron chi connectivity index (χ0n) is 33.1. The number of pyridine rings is 2. The van der Waals surface area contributed by atoms with Gasteiger partial charge in [0, 0.05) is 37.2 Å². The Balaban J connectivity index is 1.26. The Labute approximate surface area is 364 Å². The Kier molecular flexibility index (Phi) is 10.3. The highest BCUT2D eigenvalue weighted by Crippen LogP contribution is 2.68. The molecule has 14 nitrogen and oxygen atoms in total. The van der Waals surface area contributed by atoms with E-state index in [1.807, 2.05) is 0 Å². The molecule has 65 heavy (non-hydrogen) atoms. The molecule has 1 fully saturated rings. The van der Waals surface area contributed by atoms with Crippen LogP contribution in [-0.2, 0) is 46.9 Å². The summed E-state index contributed by atoms with van der Waals surface area (Å²) >= 11 is 6.58. The number of aryl methyl sites for hydroxylation is 1. The molecule has 3 atom stereocenters. The van der Waals surface area contributed by atoms with Gasteiger partial charge in [-0.1, -0.05) is 11.6 Å². The number of rotatable bonds is 11. The molecule has 0 spiro atoms. The molecule has 2 N–H and O–H groups in total. The molecule has 2 aliphatic carbocycles. The lowest BCUT2D eigenvalue weighted by molar-refractivity contribution is -0.137. The third-order valence-corrected chi connectivity index (χ3v) is 11.9. The fourth-order valence-corrected chi connectivity index (χ4v) is 9.09. The van der Waals surface area contributed by atoms with Gasteiger partial charge in [0.1, 0.15) is 35.4 Å². The lowest BCUT2D eigenvalue weighted by Gasteiger charge is -2.24. The normalized spacial score (nSPS) is 17.1. The molecular formula is C40H28ClF9N10O4S. The average molecular weight is 951 g/mol. The standard InChI is InChI=1S/C40H28ClF9N10O4S/c1-58-32-27(6-4-23(41)30(32)36(56-58)57-65(2,63)64)60-37(54-35-20(38(60)62)3-5-24(53-35)25-12-17(7-8-51-25)40(48,49)50)26(11-16-9-18(42)13-19(43)10-16)52-28(61)15-59-33-29(31(55-59)34(44)45)21-14-22(21)39(33,46)47/h3-10,12-13,21-22,26,34H,11,14-15H2,1-2H3,(H,52,61)(H,56,57)/t21-,22+,26-/m0/s1. The Bertz CT molecular complexity index is 3300. The molecule has 0 radical (unpaired) electrons. The maximum absolute atomic E-state index is 15.5. The van der Waals surface area contributed by atoms with Gasteiger partial charge in [0.05, 0.1) is 56.2 Å². The first kappa shape index (κ1) is 43.7. The molecule has 2 aliphatic rings. The monoisotopic (exact) mass is 950 g/mol. The van der Waals surface area contributed by atoms with Crippen LogP contribution in [0.2, 0.25) is 5.02 Å². The van der Waals surface area contributed by atoms with E-state index in [-0.39, 0.29) is 61.8 Å². The summed E-state index contributed by atoms with van der Waals surface area (Å²) in [4.78, 5) is 42.0. The number of benzene rings is 2. The van der Waals surface area contributed by atoms with Crippen molar-refractivity contribution in [2.45, 2.75) is 49.9 Å². The molecule has 0 aliphatic heterocycles. The molecular weight excluding hydrogens is 923 g/mol. The van der Waals surface area contributed by atoms with Crippen molar-refractivity contribution in [2.24, 2.45) is 13.0 Å². The van der Waals surface area contributed by atoms with Gasteiger partial charge in [-0.05, 0) is 66.4 Å². The molecule has 338 valence electrons. The summed E-state index contributed by atoms with van der Waals surface area (Å²) < 4.78 is 159. The van der Waals surface area contributed by atoms with Crippen molar-refractivity contribution in [3.63, 3.8) is 0 Å². The summed E-state index contributed by atoms with van der Waals surface area (Å²) in [5.74, 6) is -9.86. The van der Waals surface area contributed by atoms with Gasteiger partial charge < -0.3 is 5.32 Å². The van der Waals surface area contributed by atoms with E-state index in [2.05, 4.69) is 35.2 Å². The lowest BCUT2D eigenvalue weighted by atomic mass is 10.0. The lowest BCUT2D eigenvalue weighted by Crippen LogP contribution is -2.38. The number of carbonyl (C=O) groups excluding carboxylic acids is 1. The quantitative estimate of drug-likeness (QED) is 0.125. The predicted molar refractivity (Wildman–Crippen MR) is 214 cm³/mol. The van der Waals surface area contributed by atoms with Gasteiger partial charge in [-0.15, -0.1) is 0 Å². The van der Waals surface area contributed by atoms with Crippen LogP contribution >= 0.6 is 11.6 Å². The van der Waals surface area contributed by atoms with Gasteiger partial charge in [-0.25, -0.2) is 35.9 Å². The van der Waals surface area contributed by atoms with Crippen molar-refractivity contribution in [1.82, 2.24) is 44.4 Å². The summed E-state index contributed by atoms with van der Waals surface area (Å²) in [5.41, 5.74) is -5.43. The number of amides is 1. The summed E-state index contributed by atoms with van der Waals surface area (Å²) in [6.45, 7) is -1.09. The molecule has 1 amide bonds. The second-order valence-corrected chi connectivity index (χ2v) is 17.7. The minimum absolute atomic E-state index is 0.0137. The molecule has 0 bridgehead atoms. The molecule has 0 unspecified atom stereocenters. The highest BCUT2D eigenvalue weighted by Gasteiger charge is 2.67. The molecule has 2 aromatic carbocycles. The second-order valence-electron chi connectivity index (χ2n) is 15.5. The zero-order chi connectivity index (χ0) is 46.7. The molecule has 5 aromatic heterocycles. The van der Waals surface area contributed by atoms with Crippen molar-refractivity contribution < 1.29 is 52.7 Å². The molecule has 25 heteroatoms. The van der Waals surface area contributed by atoms with E-state index in [9.17, 15) is 48.7 Å². The van der Waals surface area contributed by atoms with Gasteiger partial charge in [0.2, 0.25) is 15.9 Å². The van der Waals surface area contributed by atoms with E-state index in [0.29, 0.717) is 16.8 Å². The molecule has 7 aromatic rings. The average Bonchev–Trinajstić information content (AvgIpc) is 3.75. The third kappa shape index (κ3) is 7.80. The molecule has 1 saturated carbocycles. The van der Waals surface area contributed by atoms with Crippen LogP contribution in [0.5, 0.6) is 0 Å². The first-order valence-corrected chi connectivity index (χ1v) is 21.4. The number of alkyl halides is 7. The van der Waals surface area contributed by atoms with Crippen molar-refractivity contribution in [1.29, 1.82) is 0 Å². The van der Waals surface area contributed by atoms with E-state index in [1.165, 1.54) is 31.3 Å². The van der Waals surface area contributed by atoms with Crippen LogP contribution in [0.15, 0.2) is 65.6 Å². The Morgan fingerprint density at radius 2 is 1.72 bits per heavy atom. The number of nitrogens with zero attached hydrogens (tertiary/aromatic N) is 8. The maximum atomic E-state index is 15.5. The van der Waals surface area contributed by atoms with Crippen molar-refractivity contribution in [3.8, 4) is 17.1 Å². The van der Waals surface area contributed by atoms with Crippen molar-refractivity contribution in [2.75, 3.05) is 11.0 Å². The summed E-state index contributed by atoms with van der Waals surface area (Å²) in [5, 5.41) is 10.1. The summed E-state index contributed by atoms with van der Waals surface area (Å²) in [6, 6.07) is 6.98. The Hall–Kier alpha value is -6.56. The third-order valence-electron chi connectivity index (χ3n) is 11.0. The highest BCUT2D eigenvalue weighted by atomic mass is 35.5. The molecule has 0 saturated heterocycles. The van der Waals surface area contributed by atoms with E-state index < -0.39 is 111 Å². The van der Waals surface area contributed by atoms with Crippen molar-refractivity contribution >= 4 is 55.3 Å². The number of hydrogen-bond acceptors (Lipinski definition) is 9.